The van der Waals surface area contributed by atoms with Gasteiger partial charge in [0.25, 0.3) is 0 Å². The molecule has 16 aromatic rings. The molecule has 1 aliphatic rings. The van der Waals surface area contributed by atoms with Gasteiger partial charge in [0.1, 0.15) is 0 Å². The van der Waals surface area contributed by atoms with Gasteiger partial charge in [-0.1, -0.05) is 158 Å². The number of rotatable bonds is 9. The first-order valence-corrected chi connectivity index (χ1v) is 28.6. The van der Waals surface area contributed by atoms with Crippen LogP contribution in [0, 0.1) is 0 Å². The summed E-state index contributed by atoms with van der Waals surface area (Å²) in [6.45, 7) is 0. The SMILES string of the molecule is [B]B([B])B([B])B(B([B])[B])B(B([B])[B])B([B])[B].c1ccc(-c2c3cccc4c5ccccc5c(c34)c3c4ccc5c6ccc7c8c(ccc(c9ccc(c23)c4c95)c86)-c2c-7c(-c3ccccn3)c3cc4ccccc4cc3c2-c2ccccn2)cc1. The topological polar surface area (TPSA) is 25.8 Å². The maximum atomic E-state index is 5.81. The van der Waals surface area contributed by atoms with Crippen molar-refractivity contribution in [1.82, 2.24) is 9.97 Å². The summed E-state index contributed by atoms with van der Waals surface area (Å²) in [4.78, 5) is 10.2. The number of hydrogen-bond donors (Lipinski definition) is 0. The molecule has 1 aliphatic carbocycles. The summed E-state index contributed by atoms with van der Waals surface area (Å²) in [5, 5.41) is 28.7. The number of benzene rings is 12. The second-order valence-corrected chi connectivity index (χ2v) is 23.0. The lowest BCUT2D eigenvalue weighted by Crippen LogP contribution is -2.75. The summed E-state index contributed by atoms with van der Waals surface area (Å²) in [7, 11) is 50.4. The van der Waals surface area contributed by atoms with Crippen molar-refractivity contribution in [2.24, 2.45) is 0 Å². The van der Waals surface area contributed by atoms with Crippen molar-refractivity contribution in [2.75, 3.05) is 0 Å². The van der Waals surface area contributed by atoms with Crippen molar-refractivity contribution >= 4 is 233 Å². The van der Waals surface area contributed by atoms with E-state index in [0.717, 1.165) is 11.4 Å². The number of pyridine rings is 2. The van der Waals surface area contributed by atoms with Gasteiger partial charge in [-0.25, -0.2) is 0 Å². The molecule has 17 rings (SSSR count). The summed E-state index contributed by atoms with van der Waals surface area (Å²) in [5.41, 5.74) is 11.9. The third-order valence-corrected chi connectivity index (χ3v) is 18.5. The summed E-state index contributed by atoms with van der Waals surface area (Å²) in [5.74, 6) is 0. The Morgan fingerprint density at radius 1 is 0.250 bits per heavy atom. The van der Waals surface area contributed by atoms with Crippen LogP contribution < -0.4 is 0 Å². The molecule has 18 radical (unpaired) electrons. The van der Waals surface area contributed by atoms with Gasteiger partial charge in [-0.2, -0.15) is 0 Å². The molecule has 0 fully saturated rings. The molecule has 2 heterocycles. The van der Waals surface area contributed by atoms with Gasteiger partial charge in [0.05, 0.1) is 11.4 Å². The van der Waals surface area contributed by atoms with E-state index in [4.69, 9.17) is 79.6 Å². The van der Waals surface area contributed by atoms with E-state index in [0.29, 0.717) is 0 Å². The van der Waals surface area contributed by atoms with Gasteiger partial charge in [0.2, 0.25) is 0 Å². The van der Waals surface area contributed by atoms with E-state index in [-0.39, 0.29) is 0 Å². The highest BCUT2D eigenvalue weighted by atomic mass is 14.7. The van der Waals surface area contributed by atoms with Crippen LogP contribution in [0.1, 0.15) is 0 Å². The van der Waals surface area contributed by atoms with E-state index in [1.165, 1.54) is 163 Å². The molecule has 0 spiro atoms. The van der Waals surface area contributed by atoms with Crippen LogP contribution in [-0.4, -0.2) is 124 Å². The van der Waals surface area contributed by atoms with Gasteiger partial charge in [0, 0.05) is 149 Å². The van der Waals surface area contributed by atoms with E-state index in [1.807, 2.05) is 24.5 Å². The van der Waals surface area contributed by atoms with Gasteiger partial charge < -0.3 is 0 Å². The van der Waals surface area contributed by atoms with E-state index in [1.54, 1.807) is 0 Å². The zero-order valence-corrected chi connectivity index (χ0v) is 45.8. The summed E-state index contributed by atoms with van der Waals surface area (Å²) >= 11 is 0. The second-order valence-electron chi connectivity index (χ2n) is 23.0. The third kappa shape index (κ3) is 7.34. The van der Waals surface area contributed by atoms with E-state index >= 15 is 0 Å². The molecule has 0 saturated heterocycles. The molecule has 2 nitrogen and oxygen atoms in total. The largest absolute Gasteiger partial charge is 0.256 e. The van der Waals surface area contributed by atoms with Crippen molar-refractivity contribution < 1.29 is 0 Å². The lowest BCUT2D eigenvalue weighted by Gasteiger charge is -2.37. The van der Waals surface area contributed by atoms with Crippen LogP contribution in [0.5, 0.6) is 0 Å². The maximum absolute atomic E-state index is 5.81. The zero-order chi connectivity index (χ0) is 57.0. The van der Waals surface area contributed by atoms with Crippen LogP contribution >= 0.6 is 0 Å². The Bertz CT molecular complexity index is 5160. The molecule has 0 unspecified atom stereocenters. The molecule has 0 N–H and O–H groups in total. The predicted molar refractivity (Wildman–Crippen MR) is 381 cm³/mol. The highest BCUT2D eigenvalue weighted by Crippen LogP contribution is 2.61. The Labute approximate surface area is 501 Å². The lowest BCUT2D eigenvalue weighted by molar-refractivity contribution is 1.33. The van der Waals surface area contributed by atoms with Crippen molar-refractivity contribution in [2.45, 2.75) is 0 Å². The quantitative estimate of drug-likeness (QED) is 0.0818. The van der Waals surface area contributed by atoms with Crippen LogP contribution in [0.25, 0.3) is 174 Å². The van der Waals surface area contributed by atoms with Gasteiger partial charge in [-0.3, -0.25) is 9.97 Å². The molecule has 356 valence electrons. The van der Waals surface area contributed by atoms with Crippen LogP contribution in [0.3, 0.4) is 0 Å². The fraction of sp³-hybridized carbons (Fsp3) is 0. The van der Waals surface area contributed by atoms with Crippen LogP contribution in [0.4, 0.5) is 0 Å². The Morgan fingerprint density at radius 3 is 1.19 bits per heavy atom. The average Bonchev–Trinajstić information content (AvgIpc) is 1.53. The van der Waals surface area contributed by atoms with E-state index < -0.39 is 44.7 Å². The van der Waals surface area contributed by atoms with E-state index in [9.17, 15) is 0 Å². The molecule has 14 aromatic carbocycles. The first-order chi connectivity index (χ1) is 41.0. The molecule has 0 atom stereocenters. The third-order valence-electron chi connectivity index (χ3n) is 18.5. The minimum Gasteiger partial charge on any atom is -0.256 e. The van der Waals surface area contributed by atoms with Gasteiger partial charge >= 0.3 is 0 Å². The molecule has 0 saturated carbocycles. The Kier molecular flexibility index (Phi) is 12.0. The fourth-order valence-electron chi connectivity index (χ4n) is 15.2. The first-order valence-electron chi connectivity index (χ1n) is 28.6. The Hall–Kier alpha value is -7.94. The Morgan fingerprint density at radius 2 is 0.655 bits per heavy atom. The van der Waals surface area contributed by atoms with Crippen molar-refractivity contribution in [3.63, 3.8) is 0 Å². The standard InChI is InChI=1S/C66H34N2.B16/c1-2-13-35(14-3-1)54-45-20-12-19-39-38-17-6-7-18-40(38)62(57(39)45)66-49-30-26-44-43-25-29-48-59-47(28-24-42(56(43)59)41-23-27-46(63(54)66)58(49)55(41)44)64-60(52-21-8-10-31-67-52)50-33-36-15-4-5-16-37(36)34-51(50)61(65(48)64)53-22-9-11-32-68-53;1-10(2)14(9)16(13(7)8)15(11(3)4)12(5)6/h1-34H;. The fourth-order valence-corrected chi connectivity index (χ4v) is 15.2. The molecule has 0 aliphatic heterocycles. The highest BCUT2D eigenvalue weighted by Gasteiger charge is 2.39. The average molecular weight is 1030 g/mol. The number of hydrogen-bond acceptors (Lipinski definition) is 2. The summed E-state index contributed by atoms with van der Waals surface area (Å²) in [6.07, 6.45) is -1.16. The minimum atomic E-state index is -0.807. The minimum absolute atomic E-state index is 0.556. The molecular formula is C66H34B16N2. The first kappa shape index (κ1) is 51.7. The normalized spacial score (nSPS) is 12.0. The number of aromatic nitrogens is 2. The van der Waals surface area contributed by atoms with Gasteiger partial charge in [0.15, 0.2) is 0 Å². The second kappa shape index (κ2) is 19.6. The van der Waals surface area contributed by atoms with Crippen molar-refractivity contribution in [1.29, 1.82) is 0 Å². The lowest BCUT2D eigenvalue weighted by atomic mass is 8.44. The van der Waals surface area contributed by atoms with Gasteiger partial charge in [-0.05, 0) is 177 Å². The Balaban J connectivity index is 0.000000319. The van der Waals surface area contributed by atoms with E-state index in [2.05, 4.69) is 182 Å². The highest BCUT2D eigenvalue weighted by molar-refractivity contribution is 8.13. The molecule has 0 bridgehead atoms. The summed E-state index contributed by atoms with van der Waals surface area (Å²) in [6, 6.07) is 72.7. The molecule has 0 amide bonds. The molecule has 18 heteroatoms. The molecule has 84 heavy (non-hydrogen) atoms. The smallest absolute Gasteiger partial charge is 0.0714 e. The van der Waals surface area contributed by atoms with Crippen molar-refractivity contribution in [3.05, 3.63) is 207 Å². The van der Waals surface area contributed by atoms with Crippen LogP contribution in [0.15, 0.2) is 207 Å². The molecular weight excluding hydrogens is 994 g/mol. The summed E-state index contributed by atoms with van der Waals surface area (Å²) < 4.78 is 0. The maximum Gasteiger partial charge on any atom is 0.0714 e. The number of nitrogens with zero attached hydrogens (tertiary/aromatic N) is 2. The monoisotopic (exact) mass is 1030 g/mol. The molecule has 2 aromatic heterocycles. The van der Waals surface area contributed by atoms with Crippen molar-refractivity contribution in [3.8, 4) is 55.9 Å². The zero-order valence-electron chi connectivity index (χ0n) is 45.8. The van der Waals surface area contributed by atoms with Gasteiger partial charge in [-0.15, -0.1) is 0 Å². The van der Waals surface area contributed by atoms with Crippen LogP contribution in [-0.2, 0) is 0 Å². The van der Waals surface area contributed by atoms with Crippen LogP contribution in [0.2, 0.25) is 0 Å². The predicted octanol–water partition coefficient (Wildman–Crippen LogP) is 12.0. The number of fused-ring (bicyclic) bond motifs is 14.